The van der Waals surface area contributed by atoms with Gasteiger partial charge in [-0.15, -0.1) is 16.9 Å². The van der Waals surface area contributed by atoms with E-state index in [1.54, 1.807) is 0 Å². The third-order valence-corrected chi connectivity index (χ3v) is 11.9. The molecule has 7 heterocycles. The fraction of sp³-hybridized carbons (Fsp3) is 0.526. The molecule has 3 aliphatic heterocycles. The average molecular weight is 728 g/mol. The fourth-order valence-corrected chi connectivity index (χ4v) is 9.75. The molecule has 3 aliphatic rings. The first-order valence-corrected chi connectivity index (χ1v) is 19.1. The van der Waals surface area contributed by atoms with Crippen LogP contribution in [-0.4, -0.2) is 94.0 Å². The van der Waals surface area contributed by atoms with Crippen molar-refractivity contribution < 1.29 is 40.7 Å². The molecule has 5 N–H and O–H groups in total. The number of nitrogens with one attached hydrogen (secondary N) is 1. The molecule has 0 aliphatic carbocycles. The number of nitrogens with zero attached hydrogens (tertiary/aromatic N) is 8. The highest BCUT2D eigenvalue weighted by atomic mass is 32.7. The SMILES string of the molecule is Nc1nc2c(ncn2[C@@H]2S[C@@H]3COP(=O)(S)O[C@@H]4[C@@H](COP(=O)(S)O[C@@H]2[C@H]3F)OC[C@]4(F)n2nnc3c(N)ncnc32)c(=O)[nH]1. The van der Waals surface area contributed by atoms with Gasteiger partial charge in [0.1, 0.15) is 36.7 Å². The van der Waals surface area contributed by atoms with Gasteiger partial charge in [-0.2, -0.15) is 9.67 Å². The van der Waals surface area contributed by atoms with Crippen LogP contribution >= 0.6 is 49.9 Å². The van der Waals surface area contributed by atoms with E-state index in [1.807, 2.05) is 0 Å². The minimum absolute atomic E-state index is 0.00973. The quantitative estimate of drug-likeness (QED) is 0.144. The highest BCUT2D eigenvalue weighted by Crippen LogP contribution is 2.62. The van der Waals surface area contributed by atoms with E-state index in [0.29, 0.717) is 0 Å². The first-order chi connectivity index (χ1) is 21.3. The summed E-state index contributed by atoms with van der Waals surface area (Å²) in [7, 11) is 0. The number of hydrogen-bond donors (Lipinski definition) is 5. The maximum absolute atomic E-state index is 16.8. The number of H-pyrrole nitrogens is 1. The van der Waals surface area contributed by atoms with Gasteiger partial charge in [-0.05, 0) is 0 Å². The Bertz CT molecular complexity index is 1970. The van der Waals surface area contributed by atoms with Crippen molar-refractivity contribution >= 4 is 83.9 Å². The molecule has 3 fully saturated rings. The average Bonchev–Trinajstić information content (AvgIpc) is 3.73. The van der Waals surface area contributed by atoms with Crippen LogP contribution in [0.15, 0.2) is 17.4 Å². The van der Waals surface area contributed by atoms with Crippen LogP contribution in [0.4, 0.5) is 20.5 Å². The van der Waals surface area contributed by atoms with Crippen molar-refractivity contribution in [3.8, 4) is 0 Å². The number of nitrogen functional groups attached to an aromatic ring is 2. The van der Waals surface area contributed by atoms with E-state index in [2.05, 4.69) is 59.7 Å². The van der Waals surface area contributed by atoms with Gasteiger partial charge < -0.3 is 16.2 Å². The number of fused-ring (bicyclic) bond motifs is 5. The topological polar surface area (TPSA) is 252 Å². The summed E-state index contributed by atoms with van der Waals surface area (Å²) in [6.07, 6.45) is -4.49. The maximum atomic E-state index is 16.8. The van der Waals surface area contributed by atoms with Crippen LogP contribution in [0, 0.1) is 0 Å². The summed E-state index contributed by atoms with van der Waals surface area (Å²) in [6, 6.07) is 0. The van der Waals surface area contributed by atoms with Crippen molar-refractivity contribution in [3.05, 3.63) is 23.0 Å². The van der Waals surface area contributed by atoms with E-state index in [4.69, 9.17) is 34.3 Å². The number of anilines is 2. The summed E-state index contributed by atoms with van der Waals surface area (Å²) in [5.74, 6) is -3.05. The predicted molar refractivity (Wildman–Crippen MR) is 159 cm³/mol. The number of ether oxygens (including phenoxy) is 1. The zero-order valence-corrected chi connectivity index (χ0v) is 26.6. The molecule has 7 rings (SSSR count). The minimum atomic E-state index is -4.50. The van der Waals surface area contributed by atoms with Crippen molar-refractivity contribution in [1.82, 2.24) is 44.5 Å². The van der Waals surface area contributed by atoms with Crippen LogP contribution in [0.25, 0.3) is 22.3 Å². The molecule has 0 spiro atoms. The lowest BCUT2D eigenvalue weighted by molar-refractivity contribution is -0.0419. The summed E-state index contributed by atoms with van der Waals surface area (Å²) in [4.78, 5) is 30.5. The molecule has 45 heavy (non-hydrogen) atoms. The number of thioether (sulfide) groups is 1. The smallest absolute Gasteiger partial charge is 0.382 e. The third-order valence-electron chi connectivity index (χ3n) is 7.19. The Morgan fingerprint density at radius 2 is 1.84 bits per heavy atom. The molecule has 2 bridgehead atoms. The Kier molecular flexibility index (Phi) is 7.70. The van der Waals surface area contributed by atoms with Gasteiger partial charge in [0.2, 0.25) is 5.95 Å². The second-order valence-electron chi connectivity index (χ2n) is 10.0. The summed E-state index contributed by atoms with van der Waals surface area (Å²) in [5, 5.41) is 5.39. The summed E-state index contributed by atoms with van der Waals surface area (Å²) in [6.45, 7) is -11.0. The van der Waals surface area contributed by atoms with Crippen LogP contribution in [0.2, 0.25) is 0 Å². The van der Waals surface area contributed by atoms with Gasteiger partial charge in [0.15, 0.2) is 34.2 Å². The summed E-state index contributed by atoms with van der Waals surface area (Å²) in [5.41, 5.74) is 10.6. The van der Waals surface area contributed by atoms with Crippen molar-refractivity contribution in [2.24, 2.45) is 0 Å². The first-order valence-electron chi connectivity index (χ1n) is 12.7. The number of alkyl halides is 2. The van der Waals surface area contributed by atoms with E-state index in [1.165, 1.54) is 10.9 Å². The summed E-state index contributed by atoms with van der Waals surface area (Å²) >= 11 is 8.93. The molecule has 19 nitrogen and oxygen atoms in total. The van der Waals surface area contributed by atoms with Crippen molar-refractivity contribution in [3.63, 3.8) is 0 Å². The number of nitrogens with two attached hydrogens (primary N) is 2. The molecule has 3 saturated heterocycles. The van der Waals surface area contributed by atoms with Crippen LogP contribution in [-0.2, 0) is 37.8 Å². The zero-order chi connectivity index (χ0) is 31.9. The number of rotatable bonds is 2. The van der Waals surface area contributed by atoms with E-state index in [9.17, 15) is 13.9 Å². The Balaban J connectivity index is 1.23. The van der Waals surface area contributed by atoms with Crippen LogP contribution in [0.5, 0.6) is 0 Å². The van der Waals surface area contributed by atoms with Crippen LogP contribution in [0.3, 0.4) is 0 Å². The normalized spacial score (nSPS) is 37.7. The second kappa shape index (κ2) is 11.1. The Morgan fingerprint density at radius 3 is 2.64 bits per heavy atom. The third kappa shape index (κ3) is 5.43. The van der Waals surface area contributed by atoms with Gasteiger partial charge in [0, 0.05) is 0 Å². The largest absolute Gasteiger partial charge is 0.386 e. The van der Waals surface area contributed by atoms with Gasteiger partial charge in [-0.25, -0.2) is 32.9 Å². The molecular formula is C19H21F2N11O8P2S3. The molecular weight excluding hydrogens is 706 g/mol. The summed E-state index contributed by atoms with van der Waals surface area (Å²) < 4.78 is 89.4. The molecule has 0 aromatic carbocycles. The van der Waals surface area contributed by atoms with Gasteiger partial charge in [0.25, 0.3) is 11.4 Å². The maximum Gasteiger partial charge on any atom is 0.386 e. The molecule has 4 aromatic rings. The van der Waals surface area contributed by atoms with Crippen molar-refractivity contribution in [1.29, 1.82) is 0 Å². The highest BCUT2D eigenvalue weighted by Gasteiger charge is 2.59. The van der Waals surface area contributed by atoms with E-state index >= 15 is 8.78 Å². The number of thiol groups is 2. The van der Waals surface area contributed by atoms with Crippen LogP contribution < -0.4 is 17.0 Å². The molecule has 242 valence electrons. The molecule has 26 heteroatoms. The fourth-order valence-electron chi connectivity index (χ4n) is 5.15. The number of halogens is 2. The lowest BCUT2D eigenvalue weighted by Gasteiger charge is -2.30. The molecule has 2 unspecified atom stereocenters. The van der Waals surface area contributed by atoms with Gasteiger partial charge >= 0.3 is 13.6 Å². The number of imidazole rings is 1. The second-order valence-corrected chi connectivity index (χ2v) is 17.1. The first kappa shape index (κ1) is 31.2. The number of aromatic nitrogens is 9. The van der Waals surface area contributed by atoms with E-state index < -0.39 is 79.9 Å². The molecule has 0 amide bonds. The Morgan fingerprint density at radius 1 is 1.09 bits per heavy atom. The van der Waals surface area contributed by atoms with E-state index in [-0.39, 0.29) is 34.1 Å². The molecule has 9 atom stereocenters. The highest BCUT2D eigenvalue weighted by molar-refractivity contribution is 8.44. The lowest BCUT2D eigenvalue weighted by atomic mass is 10.1. The number of aromatic amines is 1. The minimum Gasteiger partial charge on any atom is -0.382 e. The number of hydrogen-bond acceptors (Lipinski definition) is 17. The Labute approximate surface area is 263 Å². The van der Waals surface area contributed by atoms with Gasteiger partial charge in [-0.1, -0.05) is 29.7 Å². The van der Waals surface area contributed by atoms with Gasteiger partial charge in [0.05, 0.1) is 24.8 Å². The molecule has 0 saturated carbocycles. The predicted octanol–water partition coefficient (Wildman–Crippen LogP) is 1.39. The van der Waals surface area contributed by atoms with Crippen molar-refractivity contribution in [2.45, 2.75) is 40.9 Å². The Hall–Kier alpha value is -2.40. The standard InChI is InChI=1S/C19H21F2N11O8P2S3/c20-8-7-2-38-42(35,44)40-12-6(36-3-19(12,21)32-14-9(29-30-32)13(22)24-4-25-14)1-37-41(34,43)39-11(8)17(45-7)31-5-26-10-15(31)27-18(23)28-16(10)33/h4-8,11-12,17H,1-3H2,(H,34,43)(H,35,44)(H2,22,24,25)(H3,23,27,28,33)/t6-,7-,8+,11-,12-,17-,19+,41?,42?/m1/s1. The van der Waals surface area contributed by atoms with Crippen LogP contribution in [0.1, 0.15) is 5.37 Å². The van der Waals surface area contributed by atoms with Gasteiger partial charge in [-0.3, -0.25) is 32.4 Å². The molecule has 0 radical (unpaired) electrons. The monoisotopic (exact) mass is 727 g/mol. The lowest BCUT2D eigenvalue weighted by Crippen LogP contribution is -2.45. The molecule has 4 aromatic heterocycles. The van der Waals surface area contributed by atoms with E-state index in [0.717, 1.165) is 22.8 Å². The van der Waals surface area contributed by atoms with Crippen molar-refractivity contribution in [2.75, 3.05) is 31.3 Å². The zero-order valence-electron chi connectivity index (χ0n) is 22.2.